The molecule has 7 nitrogen and oxygen atoms in total. The van der Waals surface area contributed by atoms with Crippen molar-refractivity contribution in [1.82, 2.24) is 10.0 Å². The number of rotatable bonds is 8. The molecule has 3 N–H and O–H groups in total. The molecule has 1 aliphatic rings. The Bertz CT molecular complexity index is 1340. The van der Waals surface area contributed by atoms with E-state index >= 15 is 0 Å². The van der Waals surface area contributed by atoms with Crippen molar-refractivity contribution in [3.63, 3.8) is 0 Å². The lowest BCUT2D eigenvalue weighted by Gasteiger charge is -2.12. The standard InChI is InChI=1S/C25H24FN3O4S/c1-16-6-9-18(14-23(16)28-25(31)21-4-2-3-5-22(21)26)24(30)27-15-17-7-12-20(13-8-17)34(32,33)29-19-10-11-19/h2-9,12-14,19,29H,10-11,15H2,1H3,(H,27,30)(H,28,31). The maximum Gasteiger partial charge on any atom is 0.258 e. The van der Waals surface area contributed by atoms with Crippen molar-refractivity contribution in [2.45, 2.75) is 37.2 Å². The van der Waals surface area contributed by atoms with Crippen LogP contribution in [0.3, 0.4) is 0 Å². The van der Waals surface area contributed by atoms with E-state index in [1.165, 1.54) is 36.4 Å². The molecule has 4 rings (SSSR count). The van der Waals surface area contributed by atoms with Gasteiger partial charge in [-0.25, -0.2) is 17.5 Å². The van der Waals surface area contributed by atoms with E-state index in [2.05, 4.69) is 15.4 Å². The van der Waals surface area contributed by atoms with Crippen molar-refractivity contribution >= 4 is 27.5 Å². The summed E-state index contributed by atoms with van der Waals surface area (Å²) in [6, 6.07) is 16.9. The van der Waals surface area contributed by atoms with Crippen LogP contribution in [0.2, 0.25) is 0 Å². The first-order valence-electron chi connectivity index (χ1n) is 10.8. The quantitative estimate of drug-likeness (QED) is 0.456. The fourth-order valence-electron chi connectivity index (χ4n) is 3.29. The minimum atomic E-state index is -3.53. The molecule has 0 unspecified atom stereocenters. The van der Waals surface area contributed by atoms with Gasteiger partial charge in [0, 0.05) is 23.8 Å². The van der Waals surface area contributed by atoms with E-state index in [1.807, 2.05) is 0 Å². The Morgan fingerprint density at radius 1 is 0.971 bits per heavy atom. The van der Waals surface area contributed by atoms with E-state index in [9.17, 15) is 22.4 Å². The van der Waals surface area contributed by atoms with Crippen LogP contribution in [0.5, 0.6) is 0 Å². The van der Waals surface area contributed by atoms with E-state index < -0.39 is 21.7 Å². The Balaban J connectivity index is 1.39. The Morgan fingerprint density at radius 3 is 2.35 bits per heavy atom. The molecule has 0 atom stereocenters. The van der Waals surface area contributed by atoms with Crippen LogP contribution in [-0.4, -0.2) is 26.3 Å². The lowest BCUT2D eigenvalue weighted by Crippen LogP contribution is -2.26. The zero-order valence-electron chi connectivity index (χ0n) is 18.5. The third-order valence-electron chi connectivity index (χ3n) is 5.45. The molecule has 0 heterocycles. The number of anilines is 1. The van der Waals surface area contributed by atoms with Crippen LogP contribution in [0, 0.1) is 12.7 Å². The fourth-order valence-corrected chi connectivity index (χ4v) is 4.60. The van der Waals surface area contributed by atoms with Crippen molar-refractivity contribution in [2.75, 3.05) is 5.32 Å². The van der Waals surface area contributed by atoms with Crippen LogP contribution in [0.15, 0.2) is 71.6 Å². The first-order chi connectivity index (χ1) is 16.2. The highest BCUT2D eigenvalue weighted by atomic mass is 32.2. The van der Waals surface area contributed by atoms with Gasteiger partial charge in [0.15, 0.2) is 0 Å². The molecule has 0 saturated heterocycles. The van der Waals surface area contributed by atoms with Gasteiger partial charge in [0.25, 0.3) is 11.8 Å². The minimum Gasteiger partial charge on any atom is -0.348 e. The number of hydrogen-bond donors (Lipinski definition) is 3. The molecule has 3 aromatic carbocycles. The number of carbonyl (C=O) groups excluding carboxylic acids is 2. The molecule has 34 heavy (non-hydrogen) atoms. The predicted octanol–water partition coefficient (Wildman–Crippen LogP) is 3.76. The molecular formula is C25H24FN3O4S. The van der Waals surface area contributed by atoms with Gasteiger partial charge in [-0.1, -0.05) is 30.3 Å². The van der Waals surface area contributed by atoms with E-state index in [0.717, 1.165) is 24.0 Å². The van der Waals surface area contributed by atoms with E-state index in [0.29, 0.717) is 11.3 Å². The molecule has 1 saturated carbocycles. The predicted molar refractivity (Wildman–Crippen MR) is 126 cm³/mol. The van der Waals surface area contributed by atoms with Crippen molar-refractivity contribution in [2.24, 2.45) is 0 Å². The Hall–Kier alpha value is -3.56. The maximum absolute atomic E-state index is 13.9. The van der Waals surface area contributed by atoms with Gasteiger partial charge in [-0.05, 0) is 67.3 Å². The molecule has 0 radical (unpaired) electrons. The Morgan fingerprint density at radius 2 is 1.68 bits per heavy atom. The number of halogens is 1. The monoisotopic (exact) mass is 481 g/mol. The van der Waals surface area contributed by atoms with Crippen LogP contribution in [0.1, 0.15) is 44.7 Å². The van der Waals surface area contributed by atoms with Crippen LogP contribution in [-0.2, 0) is 16.6 Å². The van der Waals surface area contributed by atoms with Gasteiger partial charge in [-0.2, -0.15) is 0 Å². The van der Waals surface area contributed by atoms with Gasteiger partial charge in [0.05, 0.1) is 10.5 Å². The molecule has 0 spiro atoms. The molecule has 0 aliphatic heterocycles. The van der Waals surface area contributed by atoms with Gasteiger partial charge in [0.1, 0.15) is 5.82 Å². The zero-order valence-corrected chi connectivity index (χ0v) is 19.3. The first kappa shape index (κ1) is 23.6. The summed E-state index contributed by atoms with van der Waals surface area (Å²) in [5, 5.41) is 5.43. The van der Waals surface area contributed by atoms with Gasteiger partial charge >= 0.3 is 0 Å². The molecular weight excluding hydrogens is 457 g/mol. The average Bonchev–Trinajstić information content (AvgIpc) is 3.62. The summed E-state index contributed by atoms with van der Waals surface area (Å²) in [7, 11) is -3.53. The second kappa shape index (κ2) is 9.74. The SMILES string of the molecule is Cc1ccc(C(=O)NCc2ccc(S(=O)(=O)NC3CC3)cc2)cc1NC(=O)c1ccccc1F. The highest BCUT2D eigenvalue weighted by Crippen LogP contribution is 2.22. The Labute approximate surface area is 197 Å². The highest BCUT2D eigenvalue weighted by molar-refractivity contribution is 7.89. The van der Waals surface area contributed by atoms with Gasteiger partial charge in [0.2, 0.25) is 10.0 Å². The lowest BCUT2D eigenvalue weighted by atomic mass is 10.1. The van der Waals surface area contributed by atoms with Crippen molar-refractivity contribution in [1.29, 1.82) is 0 Å². The lowest BCUT2D eigenvalue weighted by molar-refractivity contribution is 0.0949. The third kappa shape index (κ3) is 5.67. The molecule has 9 heteroatoms. The molecule has 2 amide bonds. The number of hydrogen-bond acceptors (Lipinski definition) is 4. The van der Waals surface area contributed by atoms with Gasteiger partial charge in [-0.15, -0.1) is 0 Å². The molecule has 0 aromatic heterocycles. The number of aryl methyl sites for hydroxylation is 1. The van der Waals surface area contributed by atoms with Crippen LogP contribution in [0.4, 0.5) is 10.1 Å². The maximum atomic E-state index is 13.9. The second-order valence-electron chi connectivity index (χ2n) is 8.19. The number of sulfonamides is 1. The summed E-state index contributed by atoms with van der Waals surface area (Å²) in [5.74, 6) is -1.60. The van der Waals surface area contributed by atoms with Crippen LogP contribution < -0.4 is 15.4 Å². The molecule has 176 valence electrons. The van der Waals surface area contributed by atoms with Crippen LogP contribution >= 0.6 is 0 Å². The summed E-state index contributed by atoms with van der Waals surface area (Å²) in [6.45, 7) is 1.96. The normalized spacial score (nSPS) is 13.4. The van der Waals surface area contributed by atoms with Crippen molar-refractivity contribution in [3.05, 3.63) is 94.8 Å². The first-order valence-corrected chi connectivity index (χ1v) is 12.3. The topological polar surface area (TPSA) is 104 Å². The van der Waals surface area contributed by atoms with Gasteiger partial charge in [-0.3, -0.25) is 9.59 Å². The fraction of sp³-hybridized carbons (Fsp3) is 0.200. The van der Waals surface area contributed by atoms with Gasteiger partial charge < -0.3 is 10.6 Å². The number of nitrogens with one attached hydrogen (secondary N) is 3. The largest absolute Gasteiger partial charge is 0.348 e. The summed E-state index contributed by atoms with van der Waals surface area (Å²) < 4.78 is 41.0. The van der Waals surface area contributed by atoms with Crippen molar-refractivity contribution in [3.8, 4) is 0 Å². The summed E-state index contributed by atoms with van der Waals surface area (Å²) in [6.07, 6.45) is 1.72. The molecule has 0 bridgehead atoms. The van der Waals surface area contributed by atoms with E-state index in [4.69, 9.17) is 0 Å². The minimum absolute atomic E-state index is 0.0277. The average molecular weight is 482 g/mol. The summed E-state index contributed by atoms with van der Waals surface area (Å²) in [5.41, 5.74) is 2.09. The van der Waals surface area contributed by atoms with Crippen molar-refractivity contribution < 1.29 is 22.4 Å². The zero-order chi connectivity index (χ0) is 24.3. The molecule has 1 aliphatic carbocycles. The van der Waals surface area contributed by atoms with Crippen LogP contribution in [0.25, 0.3) is 0 Å². The molecule has 3 aromatic rings. The number of carbonyl (C=O) groups is 2. The molecule has 1 fully saturated rings. The summed E-state index contributed by atoms with van der Waals surface area (Å²) in [4.78, 5) is 25.3. The Kier molecular flexibility index (Phi) is 6.76. The van der Waals surface area contributed by atoms with E-state index in [-0.39, 0.29) is 29.0 Å². The third-order valence-corrected chi connectivity index (χ3v) is 6.99. The second-order valence-corrected chi connectivity index (χ2v) is 9.90. The number of benzene rings is 3. The van der Waals surface area contributed by atoms with E-state index in [1.54, 1.807) is 37.3 Å². The number of amides is 2. The summed E-state index contributed by atoms with van der Waals surface area (Å²) >= 11 is 0. The highest BCUT2D eigenvalue weighted by Gasteiger charge is 2.27. The smallest absolute Gasteiger partial charge is 0.258 e.